The molecule has 0 aliphatic heterocycles. The molecule has 0 heterocycles. The fourth-order valence-corrected chi connectivity index (χ4v) is 3.55. The van der Waals surface area contributed by atoms with Crippen molar-refractivity contribution in [2.75, 3.05) is 6.26 Å². The maximum atomic E-state index is 11.4. The monoisotopic (exact) mass is 310 g/mol. The summed E-state index contributed by atoms with van der Waals surface area (Å²) in [5, 5.41) is 9.99. The summed E-state index contributed by atoms with van der Waals surface area (Å²) in [6.07, 6.45) is 1.87. The molecule has 0 amide bonds. The van der Waals surface area contributed by atoms with Crippen LogP contribution in [0.15, 0.2) is 57.2 Å². The summed E-state index contributed by atoms with van der Waals surface area (Å²) < 4.78 is 0. The quantitative estimate of drug-likeness (QED) is 0.814. The minimum absolute atomic E-state index is 0.333. The Kier molecular flexibility index (Phi) is 4.80. The van der Waals surface area contributed by atoms with E-state index in [0.717, 1.165) is 9.79 Å². The molecule has 19 heavy (non-hydrogen) atoms. The van der Waals surface area contributed by atoms with E-state index in [4.69, 9.17) is 11.6 Å². The summed E-state index contributed by atoms with van der Waals surface area (Å²) in [4.78, 5) is 13.7. The molecule has 1 N–H and O–H groups in total. The highest BCUT2D eigenvalue weighted by Crippen LogP contribution is 2.37. The van der Waals surface area contributed by atoms with Gasteiger partial charge in [-0.15, -0.1) is 11.8 Å². The topological polar surface area (TPSA) is 37.3 Å². The molecule has 0 aliphatic carbocycles. The Bertz CT molecular complexity index is 614. The summed E-state index contributed by atoms with van der Waals surface area (Å²) >= 11 is 8.90. The number of benzene rings is 2. The molecule has 0 spiro atoms. The van der Waals surface area contributed by atoms with E-state index in [-0.39, 0.29) is 0 Å². The van der Waals surface area contributed by atoms with Gasteiger partial charge in [-0.25, -0.2) is 4.79 Å². The lowest BCUT2D eigenvalue weighted by molar-refractivity contribution is 0.0689. The van der Waals surface area contributed by atoms with Gasteiger partial charge in [0.05, 0.1) is 10.6 Å². The van der Waals surface area contributed by atoms with E-state index in [0.29, 0.717) is 15.5 Å². The predicted molar refractivity (Wildman–Crippen MR) is 80.8 cm³/mol. The normalized spacial score (nSPS) is 10.4. The van der Waals surface area contributed by atoms with Crippen LogP contribution in [0.5, 0.6) is 0 Å². The number of carbonyl (C=O) groups is 1. The van der Waals surface area contributed by atoms with Gasteiger partial charge in [0, 0.05) is 14.7 Å². The van der Waals surface area contributed by atoms with Crippen LogP contribution in [0, 0.1) is 0 Å². The smallest absolute Gasteiger partial charge is 0.337 e. The SMILES string of the molecule is CSc1cccc(Sc2ccccc2Cl)c1C(=O)O. The van der Waals surface area contributed by atoms with Gasteiger partial charge in [-0.05, 0) is 30.5 Å². The van der Waals surface area contributed by atoms with Crippen LogP contribution in [-0.4, -0.2) is 17.3 Å². The largest absolute Gasteiger partial charge is 0.478 e. The maximum absolute atomic E-state index is 11.4. The number of rotatable bonds is 4. The predicted octanol–water partition coefficient (Wildman–Crippen LogP) is 4.91. The first-order valence-corrected chi connectivity index (χ1v) is 7.88. The Morgan fingerprint density at radius 1 is 1.05 bits per heavy atom. The number of carboxylic acids is 1. The second kappa shape index (κ2) is 6.37. The average Bonchev–Trinajstić information content (AvgIpc) is 2.40. The van der Waals surface area contributed by atoms with Crippen LogP contribution in [0.3, 0.4) is 0 Å². The zero-order valence-corrected chi connectivity index (χ0v) is 12.5. The summed E-state index contributed by atoms with van der Waals surface area (Å²) in [5.41, 5.74) is 0.333. The fourth-order valence-electron chi connectivity index (χ4n) is 1.62. The van der Waals surface area contributed by atoms with Crippen molar-refractivity contribution in [3.8, 4) is 0 Å². The molecule has 0 fully saturated rings. The van der Waals surface area contributed by atoms with Crippen molar-refractivity contribution in [2.24, 2.45) is 0 Å². The molecule has 2 aromatic rings. The summed E-state index contributed by atoms with van der Waals surface area (Å²) in [5.74, 6) is -0.917. The molecule has 2 rings (SSSR count). The second-order valence-electron chi connectivity index (χ2n) is 3.67. The van der Waals surface area contributed by atoms with Crippen LogP contribution in [0.2, 0.25) is 5.02 Å². The van der Waals surface area contributed by atoms with Gasteiger partial charge in [-0.2, -0.15) is 0 Å². The molecule has 0 saturated carbocycles. The first kappa shape index (κ1) is 14.3. The lowest BCUT2D eigenvalue weighted by Gasteiger charge is -2.10. The number of aromatic carboxylic acids is 1. The standard InChI is InChI=1S/C14H11ClO2S2/c1-18-11-7-4-8-12(13(11)14(16)17)19-10-6-3-2-5-9(10)15/h2-8H,1H3,(H,16,17). The van der Waals surface area contributed by atoms with Crippen molar-refractivity contribution < 1.29 is 9.90 Å². The van der Waals surface area contributed by atoms with E-state index < -0.39 is 5.97 Å². The van der Waals surface area contributed by atoms with E-state index in [1.54, 1.807) is 12.1 Å². The third kappa shape index (κ3) is 3.26. The molecule has 2 aromatic carbocycles. The van der Waals surface area contributed by atoms with E-state index in [9.17, 15) is 9.90 Å². The highest BCUT2D eigenvalue weighted by Gasteiger charge is 2.16. The molecule has 5 heteroatoms. The van der Waals surface area contributed by atoms with Crippen LogP contribution < -0.4 is 0 Å². The third-order valence-corrected chi connectivity index (χ3v) is 4.84. The molecule has 0 unspecified atom stereocenters. The number of carboxylic acid groups (broad SMARTS) is 1. The van der Waals surface area contributed by atoms with Crippen molar-refractivity contribution in [2.45, 2.75) is 14.7 Å². The van der Waals surface area contributed by atoms with Gasteiger partial charge in [0.15, 0.2) is 0 Å². The number of hydrogen-bond donors (Lipinski definition) is 1. The number of thioether (sulfide) groups is 1. The van der Waals surface area contributed by atoms with Crippen molar-refractivity contribution in [1.82, 2.24) is 0 Å². The minimum Gasteiger partial charge on any atom is -0.478 e. The highest BCUT2D eigenvalue weighted by molar-refractivity contribution is 8.00. The van der Waals surface area contributed by atoms with Crippen LogP contribution in [0.4, 0.5) is 0 Å². The van der Waals surface area contributed by atoms with Gasteiger partial charge < -0.3 is 5.11 Å². The molecule has 0 aliphatic rings. The maximum Gasteiger partial charge on any atom is 0.337 e. The van der Waals surface area contributed by atoms with Crippen molar-refractivity contribution in [3.63, 3.8) is 0 Å². The second-order valence-corrected chi connectivity index (χ2v) is 6.01. The van der Waals surface area contributed by atoms with Gasteiger partial charge >= 0.3 is 5.97 Å². The van der Waals surface area contributed by atoms with Crippen molar-refractivity contribution >= 4 is 41.1 Å². The van der Waals surface area contributed by atoms with Gasteiger partial charge in [-0.1, -0.05) is 41.6 Å². The molecule has 0 aromatic heterocycles. The van der Waals surface area contributed by atoms with Gasteiger partial charge in [0.1, 0.15) is 0 Å². The minimum atomic E-state index is -0.917. The van der Waals surface area contributed by atoms with E-state index in [1.807, 2.05) is 36.6 Å². The Hall–Kier alpha value is -1.10. The van der Waals surface area contributed by atoms with E-state index >= 15 is 0 Å². The number of hydrogen-bond acceptors (Lipinski definition) is 3. The van der Waals surface area contributed by atoms with Crippen molar-refractivity contribution in [3.05, 3.63) is 53.1 Å². The van der Waals surface area contributed by atoms with Crippen LogP contribution in [0.25, 0.3) is 0 Å². The molecule has 0 radical (unpaired) electrons. The molecular formula is C14H11ClO2S2. The van der Waals surface area contributed by atoms with Gasteiger partial charge in [0.2, 0.25) is 0 Å². The summed E-state index contributed by atoms with van der Waals surface area (Å²) in [6.45, 7) is 0. The zero-order chi connectivity index (χ0) is 13.8. The average molecular weight is 311 g/mol. The lowest BCUT2D eigenvalue weighted by atomic mass is 10.2. The van der Waals surface area contributed by atoms with E-state index in [2.05, 4.69) is 0 Å². The van der Waals surface area contributed by atoms with Gasteiger partial charge in [-0.3, -0.25) is 0 Å². The third-order valence-electron chi connectivity index (χ3n) is 2.48. The van der Waals surface area contributed by atoms with Crippen LogP contribution in [0.1, 0.15) is 10.4 Å². The molecule has 2 nitrogen and oxygen atoms in total. The molecule has 0 bridgehead atoms. The van der Waals surface area contributed by atoms with Crippen molar-refractivity contribution in [1.29, 1.82) is 0 Å². The molecule has 98 valence electrons. The highest BCUT2D eigenvalue weighted by atomic mass is 35.5. The lowest BCUT2D eigenvalue weighted by Crippen LogP contribution is -2.01. The first-order chi connectivity index (χ1) is 9.13. The summed E-state index contributed by atoms with van der Waals surface area (Å²) in [7, 11) is 0. The molecule has 0 saturated heterocycles. The van der Waals surface area contributed by atoms with Gasteiger partial charge in [0.25, 0.3) is 0 Å². The van der Waals surface area contributed by atoms with E-state index in [1.165, 1.54) is 23.5 Å². The summed E-state index contributed by atoms with van der Waals surface area (Å²) in [6, 6.07) is 12.9. The Morgan fingerprint density at radius 2 is 1.68 bits per heavy atom. The van der Waals surface area contributed by atoms with Crippen LogP contribution in [-0.2, 0) is 0 Å². The Balaban J connectivity index is 2.46. The Labute approximate surface area is 125 Å². The first-order valence-electron chi connectivity index (χ1n) is 5.46. The Morgan fingerprint density at radius 3 is 2.32 bits per heavy atom. The fraction of sp³-hybridized carbons (Fsp3) is 0.0714. The zero-order valence-electron chi connectivity index (χ0n) is 10.1. The molecular weight excluding hydrogens is 300 g/mol. The number of halogens is 1. The molecule has 0 atom stereocenters. The van der Waals surface area contributed by atoms with Crippen LogP contribution >= 0.6 is 35.1 Å².